The van der Waals surface area contributed by atoms with Crippen LogP contribution in [0.2, 0.25) is 15.1 Å². The number of alkyl halides is 3. The summed E-state index contributed by atoms with van der Waals surface area (Å²) in [7, 11) is 1.38. The maximum absolute atomic E-state index is 14.4. The first-order chi connectivity index (χ1) is 17.1. The highest BCUT2D eigenvalue weighted by atomic mass is 35.5. The highest BCUT2D eigenvalue weighted by Crippen LogP contribution is 2.51. The second-order valence-electron chi connectivity index (χ2n) is 7.77. The molecule has 1 aliphatic rings. The number of nitrogens with one attached hydrogen (secondary N) is 1. The summed E-state index contributed by atoms with van der Waals surface area (Å²) in [6.07, 6.45) is -4.13. The number of hydrogen-bond acceptors (Lipinski definition) is 5. The Balaban J connectivity index is 1.73. The SMILES string of the molecule is CO/N=C/CNC(=O)c1ccc(C2=NOC(c3cc(Cl)c(Cl)c(Cl)c3)(C(F)(F)F)C2)c2ccccc12. The van der Waals surface area contributed by atoms with Crippen LogP contribution in [0.1, 0.15) is 27.9 Å². The molecule has 1 heterocycles. The highest BCUT2D eigenvalue weighted by Gasteiger charge is 2.62. The van der Waals surface area contributed by atoms with Gasteiger partial charge in [0.1, 0.15) is 7.11 Å². The van der Waals surface area contributed by atoms with E-state index in [4.69, 9.17) is 39.6 Å². The van der Waals surface area contributed by atoms with Gasteiger partial charge in [-0.15, -0.1) is 0 Å². The van der Waals surface area contributed by atoms with Crippen LogP contribution < -0.4 is 5.32 Å². The second kappa shape index (κ2) is 10.2. The molecule has 1 aliphatic heterocycles. The number of oxime groups is 2. The predicted octanol–water partition coefficient (Wildman–Crippen LogP) is 6.74. The van der Waals surface area contributed by atoms with Gasteiger partial charge in [0.05, 0.1) is 33.5 Å². The highest BCUT2D eigenvalue weighted by molar-refractivity contribution is 6.48. The molecule has 0 saturated heterocycles. The van der Waals surface area contributed by atoms with Crippen molar-refractivity contribution in [3.05, 3.63) is 80.3 Å². The minimum absolute atomic E-state index is 0.0462. The lowest BCUT2D eigenvalue weighted by molar-refractivity contribution is -0.275. The minimum atomic E-state index is -4.86. The third kappa shape index (κ3) is 4.70. The molecule has 1 N–H and O–H groups in total. The smallest absolute Gasteiger partial charge is 0.399 e. The summed E-state index contributed by atoms with van der Waals surface area (Å²) in [5.41, 5.74) is -2.38. The first kappa shape index (κ1) is 26.1. The van der Waals surface area contributed by atoms with Crippen molar-refractivity contribution in [1.29, 1.82) is 0 Å². The average molecular weight is 559 g/mol. The maximum Gasteiger partial charge on any atom is 0.435 e. The lowest BCUT2D eigenvalue weighted by atomic mass is 9.85. The summed E-state index contributed by atoms with van der Waals surface area (Å²) < 4.78 is 43.3. The van der Waals surface area contributed by atoms with Gasteiger partial charge in [-0.25, -0.2) is 0 Å². The van der Waals surface area contributed by atoms with E-state index >= 15 is 0 Å². The van der Waals surface area contributed by atoms with Crippen molar-refractivity contribution >= 4 is 63.4 Å². The third-order valence-electron chi connectivity index (χ3n) is 5.65. The molecule has 4 rings (SSSR count). The number of nitrogens with zero attached hydrogens (tertiary/aromatic N) is 2. The summed E-state index contributed by atoms with van der Waals surface area (Å²) in [5.74, 6) is -0.389. The molecule has 36 heavy (non-hydrogen) atoms. The van der Waals surface area contributed by atoms with Crippen LogP contribution >= 0.6 is 34.8 Å². The summed E-state index contributed by atoms with van der Waals surface area (Å²) in [5, 5.41) is 10.8. The Morgan fingerprint density at radius 3 is 2.47 bits per heavy atom. The zero-order valence-electron chi connectivity index (χ0n) is 18.5. The van der Waals surface area contributed by atoms with Crippen molar-refractivity contribution < 1.29 is 27.6 Å². The van der Waals surface area contributed by atoms with E-state index in [0.29, 0.717) is 21.9 Å². The van der Waals surface area contributed by atoms with Crippen molar-refractivity contribution in [3.63, 3.8) is 0 Å². The van der Waals surface area contributed by atoms with Gasteiger partial charge in [0.15, 0.2) is 0 Å². The van der Waals surface area contributed by atoms with E-state index in [9.17, 15) is 18.0 Å². The molecule has 0 bridgehead atoms. The zero-order valence-corrected chi connectivity index (χ0v) is 20.8. The van der Waals surface area contributed by atoms with E-state index < -0.39 is 18.2 Å². The molecular weight excluding hydrogens is 542 g/mol. The number of benzene rings is 3. The van der Waals surface area contributed by atoms with Gasteiger partial charge < -0.3 is 15.0 Å². The Morgan fingerprint density at radius 2 is 1.83 bits per heavy atom. The summed E-state index contributed by atoms with van der Waals surface area (Å²) >= 11 is 18.0. The summed E-state index contributed by atoms with van der Waals surface area (Å²) in [6, 6.07) is 12.0. The van der Waals surface area contributed by atoms with Crippen LogP contribution in [0.3, 0.4) is 0 Å². The Bertz CT molecular complexity index is 1370. The molecule has 188 valence electrons. The van der Waals surface area contributed by atoms with Crippen LogP contribution in [0.25, 0.3) is 10.8 Å². The van der Waals surface area contributed by atoms with Gasteiger partial charge in [0.2, 0.25) is 0 Å². The Labute approximate surface area is 218 Å². The zero-order chi connectivity index (χ0) is 26.1. The van der Waals surface area contributed by atoms with Gasteiger partial charge in [-0.05, 0) is 29.0 Å². The van der Waals surface area contributed by atoms with E-state index in [1.54, 1.807) is 24.3 Å². The molecule has 6 nitrogen and oxygen atoms in total. The monoisotopic (exact) mass is 557 g/mol. The first-order valence-electron chi connectivity index (χ1n) is 10.4. The number of hydrogen-bond donors (Lipinski definition) is 1. The van der Waals surface area contributed by atoms with Crippen molar-refractivity contribution in [3.8, 4) is 0 Å². The normalized spacial score (nSPS) is 17.8. The fourth-order valence-electron chi connectivity index (χ4n) is 3.93. The number of rotatable bonds is 6. The molecule has 1 unspecified atom stereocenters. The van der Waals surface area contributed by atoms with Crippen molar-refractivity contribution in [2.75, 3.05) is 13.7 Å². The standard InChI is InChI=1S/C24H17Cl3F3N3O3/c1-35-32-9-8-31-22(34)17-7-6-16(14-4-2-3-5-15(14)17)20-12-23(36-33-20,24(28,29)30)13-10-18(25)21(27)19(26)11-13/h2-7,9-11H,8,12H2,1H3,(H,31,34)/b32-9+. The summed E-state index contributed by atoms with van der Waals surface area (Å²) in [4.78, 5) is 22.4. The van der Waals surface area contributed by atoms with Crippen molar-refractivity contribution in [1.82, 2.24) is 5.32 Å². The van der Waals surface area contributed by atoms with E-state index in [0.717, 1.165) is 12.1 Å². The van der Waals surface area contributed by atoms with Gasteiger partial charge in [0.25, 0.3) is 11.5 Å². The van der Waals surface area contributed by atoms with Crippen LogP contribution in [0.15, 0.2) is 58.8 Å². The van der Waals surface area contributed by atoms with Gasteiger partial charge in [-0.1, -0.05) is 75.4 Å². The van der Waals surface area contributed by atoms with Crippen LogP contribution in [-0.4, -0.2) is 37.7 Å². The summed E-state index contributed by atoms with van der Waals surface area (Å²) in [6.45, 7) is 0.129. The van der Waals surface area contributed by atoms with E-state index in [2.05, 4.69) is 20.5 Å². The largest absolute Gasteiger partial charge is 0.435 e. The number of fused-ring (bicyclic) bond motifs is 1. The second-order valence-corrected chi connectivity index (χ2v) is 8.96. The molecule has 0 saturated carbocycles. The van der Waals surface area contributed by atoms with Crippen molar-refractivity contribution in [2.45, 2.75) is 18.2 Å². The fraction of sp³-hybridized carbons (Fsp3) is 0.208. The maximum atomic E-state index is 14.4. The molecule has 0 fully saturated rings. The molecular formula is C24H17Cl3F3N3O3. The number of amides is 1. The lowest BCUT2D eigenvalue weighted by Crippen LogP contribution is -2.42. The molecule has 0 aromatic heterocycles. The van der Waals surface area contributed by atoms with E-state index in [1.165, 1.54) is 25.5 Å². The molecule has 0 spiro atoms. The Hall–Kier alpha value is -3.01. The Morgan fingerprint density at radius 1 is 1.17 bits per heavy atom. The van der Waals surface area contributed by atoms with Crippen LogP contribution in [0, 0.1) is 0 Å². The molecule has 12 heteroatoms. The van der Waals surface area contributed by atoms with Crippen LogP contribution in [-0.2, 0) is 15.3 Å². The van der Waals surface area contributed by atoms with Gasteiger partial charge in [-0.2, -0.15) is 13.2 Å². The molecule has 1 atom stereocenters. The number of carbonyl (C=O) groups is 1. The molecule has 3 aromatic carbocycles. The quantitative estimate of drug-likeness (QED) is 0.207. The van der Waals surface area contributed by atoms with Gasteiger partial charge in [0, 0.05) is 23.1 Å². The van der Waals surface area contributed by atoms with Crippen LogP contribution in [0.4, 0.5) is 13.2 Å². The van der Waals surface area contributed by atoms with Gasteiger partial charge >= 0.3 is 6.18 Å². The number of halogens is 6. The molecule has 0 radical (unpaired) electrons. The molecule has 3 aromatic rings. The third-order valence-corrected chi connectivity index (χ3v) is 6.85. The van der Waals surface area contributed by atoms with Crippen molar-refractivity contribution in [2.24, 2.45) is 10.3 Å². The Kier molecular flexibility index (Phi) is 7.36. The minimum Gasteiger partial charge on any atom is -0.399 e. The molecule has 1 amide bonds. The fourth-order valence-corrected chi connectivity index (χ4v) is 4.53. The average Bonchev–Trinajstić information content (AvgIpc) is 3.31. The predicted molar refractivity (Wildman–Crippen MR) is 133 cm³/mol. The first-order valence-corrected chi connectivity index (χ1v) is 11.5. The van der Waals surface area contributed by atoms with E-state index in [-0.39, 0.29) is 38.8 Å². The lowest BCUT2D eigenvalue weighted by Gasteiger charge is -2.30. The topological polar surface area (TPSA) is 72.3 Å². The van der Waals surface area contributed by atoms with Crippen LogP contribution in [0.5, 0.6) is 0 Å². The number of carbonyl (C=O) groups excluding carboxylic acids is 1. The molecule has 0 aliphatic carbocycles. The van der Waals surface area contributed by atoms with Gasteiger partial charge in [-0.3, -0.25) is 4.79 Å². The van der Waals surface area contributed by atoms with E-state index in [1.807, 2.05) is 0 Å².